The number of esters is 2. The maximum absolute atomic E-state index is 12.6. The molecule has 0 atom stereocenters. The molecule has 12 heteroatoms. The molecule has 28 heavy (non-hydrogen) atoms. The van der Waals surface area contributed by atoms with Crippen molar-refractivity contribution in [1.29, 1.82) is 0 Å². The van der Waals surface area contributed by atoms with Gasteiger partial charge >= 0.3 is 17.6 Å². The van der Waals surface area contributed by atoms with Crippen molar-refractivity contribution < 1.29 is 28.8 Å². The summed E-state index contributed by atoms with van der Waals surface area (Å²) < 4.78 is 10.9. The number of hydrogen-bond acceptors (Lipinski definition) is 9. The SMILES string of the molecule is CCOC(=O)c1sc(NC(=O)c2nn(CC)cc2[N+](=O)[O-])c(C(=O)OC)c1C. The molecular formula is C16H18N4O7S. The summed E-state index contributed by atoms with van der Waals surface area (Å²) in [7, 11) is 1.16. The van der Waals surface area contributed by atoms with Crippen LogP contribution in [-0.2, 0) is 16.0 Å². The second kappa shape index (κ2) is 8.61. The fraction of sp³-hybridized carbons (Fsp3) is 0.375. The highest BCUT2D eigenvalue weighted by molar-refractivity contribution is 7.18. The molecule has 2 aromatic heterocycles. The van der Waals surface area contributed by atoms with Crippen LogP contribution in [-0.4, -0.2) is 46.3 Å². The Morgan fingerprint density at radius 3 is 2.54 bits per heavy atom. The van der Waals surface area contributed by atoms with Gasteiger partial charge in [-0.3, -0.25) is 19.6 Å². The molecule has 1 N–H and O–H groups in total. The number of carbonyl (C=O) groups is 3. The molecule has 0 aliphatic carbocycles. The Bertz CT molecular complexity index is 947. The minimum absolute atomic E-state index is 0.0118. The summed E-state index contributed by atoms with van der Waals surface area (Å²) in [5, 5.41) is 17.5. The van der Waals surface area contributed by atoms with Gasteiger partial charge in [-0.2, -0.15) is 5.10 Å². The fourth-order valence-corrected chi connectivity index (χ4v) is 3.45. The van der Waals surface area contributed by atoms with Crippen molar-refractivity contribution in [3.05, 3.63) is 38.0 Å². The third-order valence-electron chi connectivity index (χ3n) is 3.70. The van der Waals surface area contributed by atoms with E-state index >= 15 is 0 Å². The number of nitro groups is 1. The molecule has 2 rings (SSSR count). The monoisotopic (exact) mass is 410 g/mol. The maximum atomic E-state index is 12.6. The third-order valence-corrected chi connectivity index (χ3v) is 4.89. The zero-order chi connectivity index (χ0) is 21.0. The molecule has 0 spiro atoms. The van der Waals surface area contributed by atoms with Crippen LogP contribution < -0.4 is 5.32 Å². The fourth-order valence-electron chi connectivity index (χ4n) is 2.37. The predicted octanol–water partition coefficient (Wildman–Crippen LogP) is 2.40. The smallest absolute Gasteiger partial charge is 0.348 e. The summed E-state index contributed by atoms with van der Waals surface area (Å²) in [4.78, 5) is 47.4. The van der Waals surface area contributed by atoms with Crippen LogP contribution in [0.1, 0.15) is 49.9 Å². The van der Waals surface area contributed by atoms with Gasteiger partial charge in [-0.25, -0.2) is 9.59 Å². The van der Waals surface area contributed by atoms with Crippen molar-refractivity contribution in [3.63, 3.8) is 0 Å². The molecule has 2 aromatic rings. The first-order chi connectivity index (χ1) is 13.2. The molecule has 0 fully saturated rings. The van der Waals surface area contributed by atoms with Crippen LogP contribution >= 0.6 is 11.3 Å². The number of anilines is 1. The van der Waals surface area contributed by atoms with E-state index in [0.717, 1.165) is 24.6 Å². The summed E-state index contributed by atoms with van der Waals surface area (Å²) >= 11 is 0.816. The molecule has 1 amide bonds. The Kier molecular flexibility index (Phi) is 6.46. The van der Waals surface area contributed by atoms with Crippen LogP contribution in [0.2, 0.25) is 0 Å². The van der Waals surface area contributed by atoms with Gasteiger partial charge in [-0.05, 0) is 26.3 Å². The van der Waals surface area contributed by atoms with Gasteiger partial charge in [-0.15, -0.1) is 11.3 Å². The zero-order valence-corrected chi connectivity index (χ0v) is 16.4. The minimum atomic E-state index is -0.888. The van der Waals surface area contributed by atoms with E-state index in [9.17, 15) is 24.5 Å². The number of carbonyl (C=O) groups excluding carboxylic acids is 3. The Labute approximate surface area is 163 Å². The first-order valence-electron chi connectivity index (χ1n) is 8.17. The van der Waals surface area contributed by atoms with Crippen LogP contribution in [0.3, 0.4) is 0 Å². The first kappa shape index (κ1) is 21.0. The van der Waals surface area contributed by atoms with Crippen molar-refractivity contribution in [3.8, 4) is 0 Å². The number of rotatable bonds is 7. The van der Waals surface area contributed by atoms with Crippen LogP contribution in [0, 0.1) is 17.0 Å². The number of hydrogen-bond donors (Lipinski definition) is 1. The second-order valence-corrected chi connectivity index (χ2v) is 6.42. The van der Waals surface area contributed by atoms with Gasteiger partial charge in [0.25, 0.3) is 5.91 Å². The van der Waals surface area contributed by atoms with Gasteiger partial charge in [0.05, 0.1) is 24.2 Å². The molecule has 0 aliphatic heterocycles. The Balaban J connectivity index is 2.48. The average Bonchev–Trinajstić information content (AvgIpc) is 3.23. The van der Waals surface area contributed by atoms with E-state index in [-0.39, 0.29) is 27.6 Å². The summed E-state index contributed by atoms with van der Waals surface area (Å²) in [6, 6.07) is 0. The van der Waals surface area contributed by atoms with E-state index in [1.54, 1.807) is 13.8 Å². The number of methoxy groups -OCH3 is 1. The number of aryl methyl sites for hydroxylation is 1. The molecule has 0 radical (unpaired) electrons. The Hall–Kier alpha value is -3.28. The van der Waals surface area contributed by atoms with Crippen LogP contribution in [0.4, 0.5) is 10.7 Å². The highest BCUT2D eigenvalue weighted by atomic mass is 32.1. The molecule has 150 valence electrons. The van der Waals surface area contributed by atoms with Crippen LogP contribution in [0.5, 0.6) is 0 Å². The van der Waals surface area contributed by atoms with Crippen molar-refractivity contribution >= 4 is 39.9 Å². The normalized spacial score (nSPS) is 10.4. The highest BCUT2D eigenvalue weighted by Gasteiger charge is 2.30. The highest BCUT2D eigenvalue weighted by Crippen LogP contribution is 2.35. The van der Waals surface area contributed by atoms with E-state index in [1.807, 2.05) is 0 Å². The van der Waals surface area contributed by atoms with E-state index < -0.39 is 34.2 Å². The summed E-state index contributed by atoms with van der Waals surface area (Å²) in [5.74, 6) is -2.31. The van der Waals surface area contributed by atoms with Gasteiger partial charge in [-0.1, -0.05) is 0 Å². The largest absolute Gasteiger partial charge is 0.465 e. The standard InChI is InChI=1S/C16H18N4O7S/c1-5-19-7-9(20(24)25)11(18-19)13(21)17-14-10(15(22)26-4)8(3)12(28-14)16(23)27-6-2/h7H,5-6H2,1-4H3,(H,17,21). The molecule has 0 saturated heterocycles. The van der Waals surface area contributed by atoms with E-state index in [1.165, 1.54) is 11.6 Å². The Morgan fingerprint density at radius 2 is 2.00 bits per heavy atom. The number of nitrogens with zero attached hydrogens (tertiary/aromatic N) is 3. The quantitative estimate of drug-likeness (QED) is 0.416. The molecule has 0 aromatic carbocycles. The molecule has 11 nitrogen and oxygen atoms in total. The van der Waals surface area contributed by atoms with Crippen LogP contribution in [0.25, 0.3) is 0 Å². The molecule has 0 unspecified atom stereocenters. The molecule has 0 saturated carbocycles. The van der Waals surface area contributed by atoms with E-state index in [4.69, 9.17) is 9.47 Å². The lowest BCUT2D eigenvalue weighted by Crippen LogP contribution is -2.16. The number of aromatic nitrogens is 2. The predicted molar refractivity (Wildman–Crippen MR) is 98.9 cm³/mol. The number of amides is 1. The summed E-state index contributed by atoms with van der Waals surface area (Å²) in [6.07, 6.45) is 1.14. The van der Waals surface area contributed by atoms with Gasteiger partial charge in [0.1, 0.15) is 16.1 Å². The van der Waals surface area contributed by atoms with Crippen molar-refractivity contribution in [2.45, 2.75) is 27.3 Å². The van der Waals surface area contributed by atoms with E-state index in [2.05, 4.69) is 10.4 Å². The first-order valence-corrected chi connectivity index (χ1v) is 8.98. The molecular weight excluding hydrogens is 392 g/mol. The van der Waals surface area contributed by atoms with Crippen LogP contribution in [0.15, 0.2) is 6.20 Å². The van der Waals surface area contributed by atoms with Gasteiger partial charge < -0.3 is 14.8 Å². The average molecular weight is 410 g/mol. The lowest BCUT2D eigenvalue weighted by atomic mass is 10.1. The van der Waals surface area contributed by atoms with Gasteiger partial charge in [0, 0.05) is 6.54 Å². The summed E-state index contributed by atoms with van der Waals surface area (Å²) in [5.41, 5.74) is -0.634. The Morgan fingerprint density at radius 1 is 1.32 bits per heavy atom. The molecule has 0 bridgehead atoms. The maximum Gasteiger partial charge on any atom is 0.348 e. The minimum Gasteiger partial charge on any atom is -0.465 e. The number of nitrogens with one attached hydrogen (secondary N) is 1. The second-order valence-electron chi connectivity index (χ2n) is 5.40. The van der Waals surface area contributed by atoms with E-state index in [0.29, 0.717) is 6.54 Å². The number of thiophene rings is 1. The lowest BCUT2D eigenvalue weighted by molar-refractivity contribution is -0.385. The topological polar surface area (TPSA) is 143 Å². The summed E-state index contributed by atoms with van der Waals surface area (Å²) in [6.45, 7) is 5.31. The third kappa shape index (κ3) is 4.01. The lowest BCUT2D eigenvalue weighted by Gasteiger charge is -2.04. The zero-order valence-electron chi connectivity index (χ0n) is 15.6. The van der Waals surface area contributed by atoms with Crippen molar-refractivity contribution in [1.82, 2.24) is 9.78 Å². The van der Waals surface area contributed by atoms with Gasteiger partial charge in [0.2, 0.25) is 5.69 Å². The van der Waals surface area contributed by atoms with Crippen molar-refractivity contribution in [2.24, 2.45) is 0 Å². The van der Waals surface area contributed by atoms with Gasteiger partial charge in [0.15, 0.2) is 0 Å². The molecule has 2 heterocycles. The van der Waals surface area contributed by atoms with Crippen molar-refractivity contribution in [2.75, 3.05) is 19.0 Å². The number of ether oxygens (including phenoxy) is 2. The molecule has 0 aliphatic rings.